The van der Waals surface area contributed by atoms with Gasteiger partial charge in [-0.2, -0.15) is 0 Å². The van der Waals surface area contributed by atoms with Gasteiger partial charge in [0.2, 0.25) is 11.8 Å². The highest BCUT2D eigenvalue weighted by atomic mass is 16.2. The molecule has 0 aliphatic carbocycles. The van der Waals surface area contributed by atoms with E-state index in [0.717, 1.165) is 11.3 Å². The molecular weight excluding hydrogens is 280 g/mol. The number of aromatic nitrogens is 2. The van der Waals surface area contributed by atoms with Crippen LogP contribution in [0.3, 0.4) is 0 Å². The van der Waals surface area contributed by atoms with Gasteiger partial charge in [0.25, 0.3) is 0 Å². The summed E-state index contributed by atoms with van der Waals surface area (Å²) in [6.07, 6.45) is 4.54. The van der Waals surface area contributed by atoms with E-state index in [4.69, 9.17) is 0 Å². The Morgan fingerprint density at radius 2 is 2.00 bits per heavy atom. The summed E-state index contributed by atoms with van der Waals surface area (Å²) in [5.41, 5.74) is 1.32. The molecular formula is C16H22N4O2. The van der Waals surface area contributed by atoms with E-state index >= 15 is 0 Å². The molecule has 0 spiro atoms. The van der Waals surface area contributed by atoms with Crippen LogP contribution in [0.25, 0.3) is 5.65 Å². The molecule has 22 heavy (non-hydrogen) atoms. The summed E-state index contributed by atoms with van der Waals surface area (Å²) < 4.78 is 1.95. The molecule has 6 nitrogen and oxygen atoms in total. The number of fused-ring (bicyclic) bond motifs is 1. The minimum Gasteiger partial charge on any atom is -0.354 e. The fourth-order valence-electron chi connectivity index (χ4n) is 1.93. The molecule has 2 rings (SSSR count). The van der Waals surface area contributed by atoms with Crippen molar-refractivity contribution in [2.45, 2.75) is 27.2 Å². The van der Waals surface area contributed by atoms with Crippen LogP contribution in [-0.2, 0) is 16.0 Å². The molecule has 0 aromatic carbocycles. The van der Waals surface area contributed by atoms with Crippen LogP contribution in [0, 0.1) is 5.41 Å². The molecule has 0 radical (unpaired) electrons. The number of imidazole rings is 1. The first-order valence-corrected chi connectivity index (χ1v) is 7.34. The van der Waals surface area contributed by atoms with Gasteiger partial charge in [-0.15, -0.1) is 0 Å². The van der Waals surface area contributed by atoms with E-state index in [9.17, 15) is 9.59 Å². The van der Waals surface area contributed by atoms with Crippen LogP contribution in [0.2, 0.25) is 0 Å². The van der Waals surface area contributed by atoms with E-state index in [-0.39, 0.29) is 18.4 Å². The molecule has 0 aliphatic heterocycles. The van der Waals surface area contributed by atoms with Gasteiger partial charge in [-0.25, -0.2) is 4.98 Å². The molecule has 0 saturated carbocycles. The third-order valence-corrected chi connectivity index (χ3v) is 3.21. The van der Waals surface area contributed by atoms with Crippen molar-refractivity contribution >= 4 is 17.5 Å². The van der Waals surface area contributed by atoms with Gasteiger partial charge in [-0.3, -0.25) is 9.59 Å². The molecule has 2 aromatic heterocycles. The zero-order valence-electron chi connectivity index (χ0n) is 13.2. The van der Waals surface area contributed by atoms with Crippen molar-refractivity contribution in [3.05, 3.63) is 36.3 Å². The van der Waals surface area contributed by atoms with Gasteiger partial charge in [0.1, 0.15) is 5.65 Å². The third-order valence-electron chi connectivity index (χ3n) is 3.21. The molecule has 0 saturated heterocycles. The number of amides is 2. The van der Waals surface area contributed by atoms with Crippen LogP contribution < -0.4 is 10.6 Å². The zero-order valence-corrected chi connectivity index (χ0v) is 13.2. The minimum atomic E-state index is -0.489. The Balaban J connectivity index is 1.74. The molecule has 0 bridgehead atoms. The second-order valence-electron chi connectivity index (χ2n) is 6.23. The molecule has 2 amide bonds. The smallest absolute Gasteiger partial charge is 0.239 e. The van der Waals surface area contributed by atoms with E-state index < -0.39 is 5.41 Å². The van der Waals surface area contributed by atoms with E-state index in [1.165, 1.54) is 0 Å². The number of pyridine rings is 1. The summed E-state index contributed by atoms with van der Waals surface area (Å²) >= 11 is 0. The van der Waals surface area contributed by atoms with Gasteiger partial charge in [0.05, 0.1) is 12.2 Å². The van der Waals surface area contributed by atoms with E-state index in [2.05, 4.69) is 15.6 Å². The average molecular weight is 302 g/mol. The summed E-state index contributed by atoms with van der Waals surface area (Å²) in [6.45, 7) is 5.92. The van der Waals surface area contributed by atoms with Crippen molar-refractivity contribution < 1.29 is 9.59 Å². The first-order chi connectivity index (χ1) is 10.4. The maximum Gasteiger partial charge on any atom is 0.239 e. The van der Waals surface area contributed by atoms with Gasteiger partial charge in [-0.05, 0) is 12.1 Å². The third kappa shape index (κ3) is 4.31. The first-order valence-electron chi connectivity index (χ1n) is 7.34. The van der Waals surface area contributed by atoms with Crippen LogP contribution in [0.15, 0.2) is 30.6 Å². The second kappa shape index (κ2) is 6.60. The quantitative estimate of drug-likeness (QED) is 0.870. The van der Waals surface area contributed by atoms with Crippen LogP contribution >= 0.6 is 0 Å². The number of nitrogens with zero attached hydrogens (tertiary/aromatic N) is 2. The number of nitrogens with one attached hydrogen (secondary N) is 2. The van der Waals surface area contributed by atoms with Crippen molar-refractivity contribution in [1.82, 2.24) is 20.0 Å². The lowest BCUT2D eigenvalue weighted by atomic mass is 9.96. The number of carbonyl (C=O) groups excluding carboxylic acids is 2. The molecule has 0 unspecified atom stereocenters. The summed E-state index contributed by atoms with van der Waals surface area (Å²) in [5.74, 6) is -0.329. The predicted octanol–water partition coefficient (Wildman–Crippen LogP) is 1.16. The highest BCUT2D eigenvalue weighted by Gasteiger charge is 2.21. The fourth-order valence-corrected chi connectivity index (χ4v) is 1.93. The standard InChI is InChI=1S/C16H22N4O2/c1-16(2,3)15(22)18-10-14(21)17-8-7-12-11-20-9-5-4-6-13(20)19-12/h4-6,9,11H,7-8,10H2,1-3H3,(H,17,21)(H,18,22). The molecule has 0 fully saturated rings. The number of hydrogen-bond donors (Lipinski definition) is 2. The Kier molecular flexibility index (Phi) is 4.80. The maximum atomic E-state index is 11.7. The van der Waals surface area contributed by atoms with Gasteiger partial charge >= 0.3 is 0 Å². The fraction of sp³-hybridized carbons (Fsp3) is 0.438. The van der Waals surface area contributed by atoms with Gasteiger partial charge < -0.3 is 15.0 Å². The number of hydrogen-bond acceptors (Lipinski definition) is 3. The second-order valence-corrected chi connectivity index (χ2v) is 6.23. The molecule has 0 aliphatic rings. The van der Waals surface area contributed by atoms with Crippen molar-refractivity contribution in [3.8, 4) is 0 Å². The van der Waals surface area contributed by atoms with Crippen LogP contribution in [0.1, 0.15) is 26.5 Å². The van der Waals surface area contributed by atoms with Gasteiger partial charge in [0.15, 0.2) is 0 Å². The Bertz CT molecular complexity index is 637. The molecule has 0 atom stereocenters. The van der Waals surface area contributed by atoms with E-state index in [1.54, 1.807) is 0 Å². The van der Waals surface area contributed by atoms with Crippen LogP contribution in [-0.4, -0.2) is 34.3 Å². The van der Waals surface area contributed by atoms with Crippen molar-refractivity contribution in [2.75, 3.05) is 13.1 Å². The Morgan fingerprint density at radius 1 is 1.23 bits per heavy atom. The SMILES string of the molecule is CC(C)(C)C(=O)NCC(=O)NCCc1cn2ccccc2n1. The van der Waals surface area contributed by atoms with E-state index in [1.807, 2.05) is 55.8 Å². The Hall–Kier alpha value is -2.37. The number of carbonyl (C=O) groups is 2. The summed E-state index contributed by atoms with van der Waals surface area (Å²) in [7, 11) is 0. The Labute approximate surface area is 129 Å². The summed E-state index contributed by atoms with van der Waals surface area (Å²) in [4.78, 5) is 27.8. The largest absolute Gasteiger partial charge is 0.354 e. The van der Waals surface area contributed by atoms with Crippen LogP contribution in [0.5, 0.6) is 0 Å². The molecule has 2 N–H and O–H groups in total. The minimum absolute atomic E-state index is 0.00126. The van der Waals surface area contributed by atoms with Gasteiger partial charge in [-0.1, -0.05) is 26.8 Å². The zero-order chi connectivity index (χ0) is 16.2. The molecule has 118 valence electrons. The topological polar surface area (TPSA) is 75.5 Å². The Morgan fingerprint density at radius 3 is 2.68 bits per heavy atom. The summed E-state index contributed by atoms with van der Waals surface area (Å²) in [6, 6.07) is 5.81. The van der Waals surface area contributed by atoms with Crippen molar-refractivity contribution in [1.29, 1.82) is 0 Å². The molecule has 6 heteroatoms. The maximum absolute atomic E-state index is 11.7. The number of rotatable bonds is 5. The monoisotopic (exact) mass is 302 g/mol. The normalized spacial score (nSPS) is 11.4. The van der Waals surface area contributed by atoms with E-state index in [0.29, 0.717) is 13.0 Å². The lowest BCUT2D eigenvalue weighted by Gasteiger charge is -2.17. The highest BCUT2D eigenvalue weighted by Crippen LogP contribution is 2.11. The van der Waals surface area contributed by atoms with Crippen molar-refractivity contribution in [3.63, 3.8) is 0 Å². The first kappa shape index (κ1) is 16.0. The summed E-state index contributed by atoms with van der Waals surface area (Å²) in [5, 5.41) is 5.40. The lowest BCUT2D eigenvalue weighted by Crippen LogP contribution is -2.42. The van der Waals surface area contributed by atoms with Crippen LogP contribution in [0.4, 0.5) is 0 Å². The lowest BCUT2D eigenvalue weighted by molar-refractivity contribution is -0.131. The average Bonchev–Trinajstić information content (AvgIpc) is 2.86. The molecule has 2 heterocycles. The highest BCUT2D eigenvalue weighted by molar-refractivity contribution is 5.87. The predicted molar refractivity (Wildman–Crippen MR) is 84.4 cm³/mol. The van der Waals surface area contributed by atoms with Crippen molar-refractivity contribution in [2.24, 2.45) is 5.41 Å². The van der Waals surface area contributed by atoms with Gasteiger partial charge in [0, 0.05) is 30.8 Å². The molecule has 2 aromatic rings.